The highest BCUT2D eigenvalue weighted by Crippen LogP contribution is 2.48. The molecule has 1 aromatic heterocycles. The van der Waals surface area contributed by atoms with Crippen molar-refractivity contribution in [1.82, 2.24) is 9.78 Å². The molecule has 29 heavy (non-hydrogen) atoms. The number of anilines is 2. The van der Waals surface area contributed by atoms with E-state index in [2.05, 4.69) is 10.00 Å². The van der Waals surface area contributed by atoms with Gasteiger partial charge in [0.05, 0.1) is 7.11 Å². The average Bonchev–Trinajstić information content (AvgIpc) is 3.33. The van der Waals surface area contributed by atoms with E-state index in [1.54, 1.807) is 18.1 Å². The molecular weight excluding hydrogens is 368 g/mol. The van der Waals surface area contributed by atoms with Gasteiger partial charge in [0.1, 0.15) is 18.1 Å². The first-order valence-electron chi connectivity index (χ1n) is 10.4. The van der Waals surface area contributed by atoms with Gasteiger partial charge < -0.3 is 14.5 Å². The van der Waals surface area contributed by atoms with E-state index < -0.39 is 0 Å². The number of methoxy groups -OCH3 is 1. The molecule has 2 fully saturated rings. The fraction of sp³-hybridized carbons (Fsp3) is 0.500. The zero-order chi connectivity index (χ0) is 20.0. The summed E-state index contributed by atoms with van der Waals surface area (Å²) in [6, 6.07) is 9.06. The van der Waals surface area contributed by atoms with E-state index in [4.69, 9.17) is 4.74 Å². The summed E-state index contributed by atoms with van der Waals surface area (Å²) >= 11 is 0. The van der Waals surface area contributed by atoms with Crippen molar-refractivity contribution in [3.63, 3.8) is 0 Å². The second kappa shape index (κ2) is 6.90. The lowest BCUT2D eigenvalue weighted by Gasteiger charge is -2.38. The Hall–Kier alpha value is -2.83. The van der Waals surface area contributed by atoms with Crippen LogP contribution in [0.1, 0.15) is 31.2 Å². The molecule has 0 unspecified atom stereocenters. The quantitative estimate of drug-likeness (QED) is 0.796. The largest absolute Gasteiger partial charge is 0.497 e. The van der Waals surface area contributed by atoms with Crippen LogP contribution in [0.5, 0.6) is 5.75 Å². The third-order valence-corrected chi connectivity index (χ3v) is 6.80. The zero-order valence-electron chi connectivity index (χ0n) is 16.8. The number of benzene rings is 1. The molecular formula is C22H26N4O3. The van der Waals surface area contributed by atoms with Crippen molar-refractivity contribution in [2.45, 2.75) is 38.6 Å². The van der Waals surface area contributed by atoms with E-state index in [9.17, 15) is 9.59 Å². The van der Waals surface area contributed by atoms with Gasteiger partial charge in [-0.15, -0.1) is 0 Å². The fourth-order valence-electron chi connectivity index (χ4n) is 4.91. The number of carbonyl (C=O) groups excluding carboxylic acids is 1. The molecule has 1 aliphatic carbocycles. The Morgan fingerprint density at radius 2 is 2.03 bits per heavy atom. The third-order valence-electron chi connectivity index (χ3n) is 6.80. The van der Waals surface area contributed by atoms with Gasteiger partial charge in [-0.25, -0.2) is 4.68 Å². The van der Waals surface area contributed by atoms with Crippen LogP contribution in [0.2, 0.25) is 0 Å². The predicted molar refractivity (Wildman–Crippen MR) is 111 cm³/mol. The first-order chi connectivity index (χ1) is 14.1. The molecule has 2 aromatic rings. The van der Waals surface area contributed by atoms with E-state index in [1.165, 1.54) is 36.4 Å². The summed E-state index contributed by atoms with van der Waals surface area (Å²) in [4.78, 5) is 29.3. The highest BCUT2D eigenvalue weighted by molar-refractivity contribution is 5.95. The second-order valence-corrected chi connectivity index (χ2v) is 8.50. The molecule has 152 valence electrons. The molecule has 2 aliphatic heterocycles. The molecule has 0 bridgehead atoms. The molecule has 1 aromatic carbocycles. The van der Waals surface area contributed by atoms with Crippen LogP contribution >= 0.6 is 0 Å². The molecule has 7 heteroatoms. The summed E-state index contributed by atoms with van der Waals surface area (Å²) in [5.41, 5.74) is 2.20. The smallest absolute Gasteiger partial charge is 0.267 e. The highest BCUT2D eigenvalue weighted by atomic mass is 16.5. The van der Waals surface area contributed by atoms with E-state index in [0.717, 1.165) is 42.3 Å². The monoisotopic (exact) mass is 394 g/mol. The van der Waals surface area contributed by atoms with Crippen molar-refractivity contribution in [3.05, 3.63) is 46.2 Å². The minimum absolute atomic E-state index is 0.0445. The number of hydrogen-bond acceptors (Lipinski definition) is 5. The Labute approximate surface area is 169 Å². The van der Waals surface area contributed by atoms with Gasteiger partial charge in [-0.1, -0.05) is 6.42 Å². The predicted octanol–water partition coefficient (Wildman–Crippen LogP) is 2.22. The van der Waals surface area contributed by atoms with Crippen LogP contribution in [-0.4, -0.2) is 42.4 Å². The second-order valence-electron chi connectivity index (χ2n) is 8.50. The van der Waals surface area contributed by atoms with Crippen LogP contribution in [0.15, 0.2) is 35.1 Å². The topological polar surface area (TPSA) is 67.7 Å². The number of rotatable bonds is 4. The van der Waals surface area contributed by atoms with Crippen LogP contribution in [0.25, 0.3) is 0 Å². The van der Waals surface area contributed by atoms with Gasteiger partial charge in [-0.2, -0.15) is 5.10 Å². The Morgan fingerprint density at radius 1 is 1.17 bits per heavy atom. The number of fused-ring (bicyclic) bond motifs is 1. The van der Waals surface area contributed by atoms with E-state index >= 15 is 0 Å². The van der Waals surface area contributed by atoms with E-state index in [0.29, 0.717) is 12.0 Å². The normalized spacial score (nSPS) is 19.3. The molecule has 0 atom stereocenters. The summed E-state index contributed by atoms with van der Waals surface area (Å²) in [7, 11) is 1.64. The molecule has 3 aliphatic rings. The van der Waals surface area contributed by atoms with Crippen LogP contribution in [0.3, 0.4) is 0 Å². The van der Waals surface area contributed by atoms with Crippen molar-refractivity contribution in [2.75, 3.05) is 36.5 Å². The number of nitrogens with zero attached hydrogens (tertiary/aromatic N) is 4. The first kappa shape index (κ1) is 18.2. The molecule has 1 saturated heterocycles. The lowest BCUT2D eigenvalue weighted by molar-refractivity contribution is -0.119. The summed E-state index contributed by atoms with van der Waals surface area (Å²) in [6.45, 7) is 2.55. The Bertz CT molecular complexity index is 1010. The van der Waals surface area contributed by atoms with Gasteiger partial charge in [0.15, 0.2) is 0 Å². The number of ether oxygens (including phenoxy) is 1. The number of hydrogen-bond donors (Lipinski definition) is 0. The van der Waals surface area contributed by atoms with Gasteiger partial charge in [0, 0.05) is 31.4 Å². The molecule has 5 rings (SSSR count). The van der Waals surface area contributed by atoms with Crippen LogP contribution in [-0.2, 0) is 17.8 Å². The Kier molecular flexibility index (Phi) is 4.33. The lowest BCUT2D eigenvalue weighted by atomic mass is 9.68. The molecule has 1 amide bonds. The summed E-state index contributed by atoms with van der Waals surface area (Å²) < 4.78 is 6.58. The van der Waals surface area contributed by atoms with E-state index in [1.807, 2.05) is 18.2 Å². The summed E-state index contributed by atoms with van der Waals surface area (Å²) in [5.74, 6) is 1.48. The third kappa shape index (κ3) is 3.18. The SMILES string of the molecule is COc1ccc2c(c1)CCN2C(=O)Cn1nc(N2CCC3(CCC3)C2)ccc1=O. The van der Waals surface area contributed by atoms with Crippen molar-refractivity contribution >= 4 is 17.4 Å². The molecule has 0 radical (unpaired) electrons. The van der Waals surface area contributed by atoms with E-state index in [-0.39, 0.29) is 18.0 Å². The van der Waals surface area contributed by atoms with Crippen molar-refractivity contribution in [1.29, 1.82) is 0 Å². The Balaban J connectivity index is 1.33. The van der Waals surface area contributed by atoms with Crippen LogP contribution < -0.4 is 20.1 Å². The van der Waals surface area contributed by atoms with Crippen molar-refractivity contribution in [2.24, 2.45) is 5.41 Å². The van der Waals surface area contributed by atoms with Gasteiger partial charge in [-0.3, -0.25) is 9.59 Å². The molecule has 1 spiro atoms. The maximum atomic E-state index is 13.0. The average molecular weight is 394 g/mol. The molecule has 1 saturated carbocycles. The number of carbonyl (C=O) groups is 1. The maximum Gasteiger partial charge on any atom is 0.267 e. The van der Waals surface area contributed by atoms with Crippen LogP contribution in [0, 0.1) is 5.41 Å². The minimum Gasteiger partial charge on any atom is -0.497 e. The Morgan fingerprint density at radius 3 is 2.76 bits per heavy atom. The molecule has 0 N–H and O–H groups in total. The minimum atomic E-state index is -0.242. The zero-order valence-corrected chi connectivity index (χ0v) is 16.8. The van der Waals surface area contributed by atoms with Gasteiger partial charge in [0.2, 0.25) is 5.91 Å². The van der Waals surface area contributed by atoms with Gasteiger partial charge >= 0.3 is 0 Å². The lowest BCUT2D eigenvalue weighted by Crippen LogP contribution is -2.37. The number of aromatic nitrogens is 2. The summed E-state index contributed by atoms with van der Waals surface area (Å²) in [6.07, 6.45) is 5.89. The summed E-state index contributed by atoms with van der Waals surface area (Å²) in [5, 5.41) is 4.54. The first-order valence-corrected chi connectivity index (χ1v) is 10.4. The van der Waals surface area contributed by atoms with Crippen LogP contribution in [0.4, 0.5) is 11.5 Å². The van der Waals surface area contributed by atoms with Gasteiger partial charge in [-0.05, 0) is 60.9 Å². The van der Waals surface area contributed by atoms with Gasteiger partial charge in [0.25, 0.3) is 5.56 Å². The molecule has 3 heterocycles. The van der Waals surface area contributed by atoms with Crippen molar-refractivity contribution < 1.29 is 9.53 Å². The highest BCUT2D eigenvalue weighted by Gasteiger charge is 2.43. The number of amides is 1. The maximum absolute atomic E-state index is 13.0. The standard InChI is InChI=1S/C22H26N4O3/c1-29-17-3-4-18-16(13-17)7-11-25(18)21(28)14-26-20(27)6-5-19(23-26)24-12-10-22(15-24)8-2-9-22/h3-6,13H,2,7-12,14-15H2,1H3. The van der Waals surface area contributed by atoms with Crippen molar-refractivity contribution in [3.8, 4) is 5.75 Å². The molecule has 7 nitrogen and oxygen atoms in total. The fourth-order valence-corrected chi connectivity index (χ4v) is 4.91.